The summed E-state index contributed by atoms with van der Waals surface area (Å²) in [7, 11) is 0. The van der Waals surface area contributed by atoms with Gasteiger partial charge in [0.25, 0.3) is 0 Å². The fourth-order valence-corrected chi connectivity index (χ4v) is 12.6. The lowest BCUT2D eigenvalue weighted by Gasteiger charge is -2.72. The van der Waals surface area contributed by atoms with Gasteiger partial charge < -0.3 is 20.8 Å². The number of benzene rings is 1. The molecule has 0 amide bonds. The van der Waals surface area contributed by atoms with Gasteiger partial charge in [-0.05, 0) is 132 Å². The minimum atomic E-state index is -0.855. The van der Waals surface area contributed by atoms with Crippen molar-refractivity contribution in [2.75, 3.05) is 32.8 Å². The quantitative estimate of drug-likeness (QED) is 0.225. The van der Waals surface area contributed by atoms with Gasteiger partial charge in [-0.3, -0.25) is 0 Å². The second-order valence-corrected chi connectivity index (χ2v) is 16.6. The predicted octanol–water partition coefficient (Wildman–Crippen LogP) is 7.41. The van der Waals surface area contributed by atoms with Crippen molar-refractivity contribution in [2.45, 2.75) is 98.8 Å². The predicted molar refractivity (Wildman–Crippen MR) is 175 cm³/mol. The molecule has 5 aliphatic carbocycles. The second-order valence-electron chi connectivity index (χ2n) is 16.6. The molecule has 0 aliphatic heterocycles. The fraction of sp³-hybridized carbons (Fsp3) is 0.763. The van der Waals surface area contributed by atoms with E-state index >= 15 is 0 Å². The van der Waals surface area contributed by atoms with E-state index in [0.717, 1.165) is 37.3 Å². The maximum absolute atomic E-state index is 11.5. The number of hydrogen-bond acceptors (Lipinski definition) is 4. The minimum absolute atomic E-state index is 0.0572. The molecule has 1 aromatic carbocycles. The maximum Gasteiger partial charge on any atom is 0.335 e. The van der Waals surface area contributed by atoms with Crippen LogP contribution in [0.15, 0.2) is 30.3 Å². The smallest absolute Gasteiger partial charge is 0.335 e. The Balaban J connectivity index is 1.24. The zero-order valence-corrected chi connectivity index (χ0v) is 27.6. The molecule has 0 heterocycles. The van der Waals surface area contributed by atoms with E-state index in [1.807, 2.05) is 12.1 Å². The number of carboxylic acid groups (broad SMARTS) is 1. The first kappa shape index (κ1) is 31.3. The number of aliphatic hydroxyl groups is 1. The highest BCUT2D eigenvalue weighted by Crippen LogP contribution is 2.77. The number of allylic oxidation sites excluding steroid dienone is 2. The third-order valence-corrected chi connectivity index (χ3v) is 14.8. The maximum atomic E-state index is 11.5. The van der Waals surface area contributed by atoms with E-state index in [1.165, 1.54) is 75.5 Å². The van der Waals surface area contributed by atoms with Crippen LogP contribution >= 0.6 is 0 Å². The van der Waals surface area contributed by atoms with Crippen LogP contribution in [0.25, 0.3) is 5.57 Å². The van der Waals surface area contributed by atoms with Gasteiger partial charge in [-0.2, -0.15) is 0 Å². The van der Waals surface area contributed by atoms with Crippen molar-refractivity contribution in [3.8, 4) is 0 Å². The molecule has 4 fully saturated rings. The van der Waals surface area contributed by atoms with Gasteiger partial charge in [0.15, 0.2) is 0 Å². The fourth-order valence-electron chi connectivity index (χ4n) is 12.6. The van der Waals surface area contributed by atoms with Crippen LogP contribution in [0, 0.1) is 50.7 Å². The van der Waals surface area contributed by atoms with E-state index in [4.69, 9.17) is 5.11 Å². The van der Waals surface area contributed by atoms with Gasteiger partial charge in [0.2, 0.25) is 0 Å². The Morgan fingerprint density at radius 1 is 0.814 bits per heavy atom. The third-order valence-electron chi connectivity index (χ3n) is 14.8. The van der Waals surface area contributed by atoms with Crippen molar-refractivity contribution in [1.29, 1.82) is 0 Å². The van der Waals surface area contributed by atoms with Crippen LogP contribution < -0.4 is 10.6 Å². The van der Waals surface area contributed by atoms with Crippen LogP contribution in [0.5, 0.6) is 0 Å². The number of rotatable bonds is 9. The number of hydrogen-bond donors (Lipinski definition) is 4. The van der Waals surface area contributed by atoms with E-state index in [0.29, 0.717) is 39.7 Å². The lowest BCUT2D eigenvalue weighted by molar-refractivity contribution is -0.222. The first-order chi connectivity index (χ1) is 20.4. The van der Waals surface area contributed by atoms with Gasteiger partial charge in [-0.15, -0.1) is 0 Å². The number of aromatic carboxylic acids is 1. The molecule has 4 saturated carbocycles. The van der Waals surface area contributed by atoms with Gasteiger partial charge in [-0.25, -0.2) is 4.79 Å². The highest BCUT2D eigenvalue weighted by molar-refractivity contribution is 5.88. The number of nitrogens with one attached hydrogen (secondary N) is 2. The van der Waals surface area contributed by atoms with Crippen LogP contribution in [0.2, 0.25) is 0 Å². The molecule has 0 saturated heterocycles. The Bertz CT molecular complexity index is 1220. The Morgan fingerprint density at radius 2 is 1.56 bits per heavy atom. The molecule has 0 spiro atoms. The second kappa shape index (κ2) is 11.3. The van der Waals surface area contributed by atoms with E-state index in [9.17, 15) is 9.90 Å². The molecule has 238 valence electrons. The SMILES string of the molecule is CC1(C)C(c2ccc(C(=O)O)cc2)=CCC2(C)C1CCC1(C)C2CCC2C3CCCC3(CNCCNCCO)CC[C@]21C. The molecule has 6 rings (SSSR count). The highest BCUT2D eigenvalue weighted by atomic mass is 16.4. The summed E-state index contributed by atoms with van der Waals surface area (Å²) in [6.45, 7) is 17.1. The third kappa shape index (κ3) is 4.77. The zero-order valence-electron chi connectivity index (χ0n) is 27.6. The Labute approximate surface area is 260 Å². The molecular weight excluding hydrogens is 532 g/mol. The first-order valence-electron chi connectivity index (χ1n) is 17.5. The minimum Gasteiger partial charge on any atom is -0.478 e. The van der Waals surface area contributed by atoms with E-state index < -0.39 is 5.97 Å². The summed E-state index contributed by atoms with van der Waals surface area (Å²) in [5.74, 6) is 2.23. The molecule has 5 aliphatic rings. The van der Waals surface area contributed by atoms with E-state index in [2.05, 4.69) is 51.3 Å². The molecular formula is C38H58N2O3. The Morgan fingerprint density at radius 3 is 2.28 bits per heavy atom. The number of aliphatic hydroxyl groups excluding tert-OH is 1. The number of fused-ring (bicyclic) bond motifs is 7. The first-order valence-corrected chi connectivity index (χ1v) is 17.5. The molecule has 43 heavy (non-hydrogen) atoms. The van der Waals surface area contributed by atoms with Crippen LogP contribution in [0.1, 0.15) is 115 Å². The summed E-state index contributed by atoms with van der Waals surface area (Å²) < 4.78 is 0. The number of carboxylic acids is 1. The van der Waals surface area contributed by atoms with Crippen molar-refractivity contribution in [2.24, 2.45) is 50.7 Å². The van der Waals surface area contributed by atoms with Gasteiger partial charge in [0.1, 0.15) is 0 Å². The average Bonchev–Trinajstić information content (AvgIpc) is 3.39. The summed E-state index contributed by atoms with van der Waals surface area (Å²) in [6, 6.07) is 7.63. The van der Waals surface area contributed by atoms with E-state index in [1.54, 1.807) is 12.1 Å². The van der Waals surface area contributed by atoms with Crippen molar-refractivity contribution < 1.29 is 15.0 Å². The summed E-state index contributed by atoms with van der Waals surface area (Å²) in [6.07, 6.45) is 16.1. The van der Waals surface area contributed by atoms with Gasteiger partial charge >= 0.3 is 5.97 Å². The molecule has 7 unspecified atom stereocenters. The summed E-state index contributed by atoms with van der Waals surface area (Å²) >= 11 is 0. The lowest BCUT2D eigenvalue weighted by Crippen LogP contribution is -2.65. The molecule has 5 nitrogen and oxygen atoms in total. The molecule has 0 radical (unpaired) electrons. The van der Waals surface area contributed by atoms with Crippen LogP contribution in [0.4, 0.5) is 0 Å². The molecule has 4 N–H and O–H groups in total. The number of carbonyl (C=O) groups is 1. The zero-order chi connectivity index (χ0) is 30.7. The van der Waals surface area contributed by atoms with Gasteiger partial charge in [0, 0.05) is 26.2 Å². The van der Waals surface area contributed by atoms with Crippen molar-refractivity contribution in [1.82, 2.24) is 10.6 Å². The van der Waals surface area contributed by atoms with E-state index in [-0.39, 0.29) is 12.0 Å². The largest absolute Gasteiger partial charge is 0.478 e. The van der Waals surface area contributed by atoms with Crippen molar-refractivity contribution >= 4 is 11.5 Å². The van der Waals surface area contributed by atoms with Gasteiger partial charge in [0.05, 0.1) is 12.2 Å². The average molecular weight is 591 g/mol. The highest BCUT2D eigenvalue weighted by Gasteiger charge is 2.69. The Hall–Kier alpha value is -1.69. The summed E-state index contributed by atoms with van der Waals surface area (Å²) in [4.78, 5) is 11.5. The molecule has 8 atom stereocenters. The monoisotopic (exact) mass is 590 g/mol. The van der Waals surface area contributed by atoms with Crippen molar-refractivity contribution in [3.63, 3.8) is 0 Å². The standard InChI is InChI=1S/C38H58N2O3/c1-34(2)28(26-8-10-27(11-9-26)33(42)43)14-17-35(3)31(34)15-18-37(5)32(35)13-12-29-30-7-6-16-38(30,20-19-36(29,37)4)25-40-22-21-39-23-24-41/h8-11,14,29-32,39-41H,6-7,12-13,15-25H2,1-5H3,(H,42,43)/t29?,30?,31?,32?,35?,36-,37?,38?/m1/s1. The molecule has 0 bridgehead atoms. The van der Waals surface area contributed by atoms with Crippen LogP contribution in [-0.4, -0.2) is 49.0 Å². The normalized spacial score (nSPS) is 41.4. The van der Waals surface area contributed by atoms with Gasteiger partial charge in [-0.1, -0.05) is 59.2 Å². The summed E-state index contributed by atoms with van der Waals surface area (Å²) in [5, 5.41) is 25.7. The molecule has 5 heteroatoms. The lowest BCUT2D eigenvalue weighted by atomic mass is 9.32. The molecule has 0 aromatic heterocycles. The Kier molecular flexibility index (Phi) is 8.21. The van der Waals surface area contributed by atoms with Crippen LogP contribution in [-0.2, 0) is 0 Å². The van der Waals surface area contributed by atoms with Crippen LogP contribution in [0.3, 0.4) is 0 Å². The van der Waals surface area contributed by atoms with Crippen molar-refractivity contribution in [3.05, 3.63) is 41.5 Å². The topological polar surface area (TPSA) is 81.6 Å². The summed E-state index contributed by atoms with van der Waals surface area (Å²) in [5.41, 5.74) is 4.60. The molecule has 1 aromatic rings.